The number of benzene rings is 1. The molecule has 0 saturated heterocycles. The van der Waals surface area contributed by atoms with Gasteiger partial charge in [0.15, 0.2) is 5.65 Å². The maximum absolute atomic E-state index is 9.59. The lowest BCUT2D eigenvalue weighted by Gasteiger charge is -2.23. The first kappa shape index (κ1) is 22.4. The van der Waals surface area contributed by atoms with Crippen LogP contribution >= 0.6 is 46.6 Å². The van der Waals surface area contributed by atoms with Crippen molar-refractivity contribution in [3.05, 3.63) is 33.0 Å². The number of nitrogens with zero attached hydrogens (tertiary/aromatic N) is 5. The van der Waals surface area contributed by atoms with Gasteiger partial charge >= 0.3 is 0 Å². The predicted molar refractivity (Wildman–Crippen MR) is 122 cm³/mol. The van der Waals surface area contributed by atoms with E-state index in [9.17, 15) is 5.11 Å². The van der Waals surface area contributed by atoms with Gasteiger partial charge in [0.05, 0.1) is 22.0 Å². The standard InChI is InChI=1S/C19H22Cl3N5OS/c1-4-5-6-26(7-8-28)17-15-18(24-11(2)23-17)27(25-19(15)29-3)16-13(21)9-12(20)10-14(16)22/h9-10,28H,4-8H2,1-3H3. The Morgan fingerprint density at radius 3 is 2.41 bits per heavy atom. The fourth-order valence-corrected chi connectivity index (χ4v) is 4.66. The third-order valence-corrected chi connectivity index (χ3v) is 5.89. The Balaban J connectivity index is 2.30. The van der Waals surface area contributed by atoms with Crippen LogP contribution in [-0.2, 0) is 0 Å². The minimum Gasteiger partial charge on any atom is -0.395 e. The molecule has 0 fully saturated rings. The molecule has 0 amide bonds. The fraction of sp³-hybridized carbons (Fsp3) is 0.421. The summed E-state index contributed by atoms with van der Waals surface area (Å²) in [5.74, 6) is 1.36. The van der Waals surface area contributed by atoms with Crippen molar-refractivity contribution in [1.29, 1.82) is 0 Å². The topological polar surface area (TPSA) is 67.1 Å². The van der Waals surface area contributed by atoms with Gasteiger partial charge in [-0.15, -0.1) is 11.8 Å². The predicted octanol–water partition coefficient (Wildman–Crippen LogP) is 5.40. The molecule has 10 heteroatoms. The first-order valence-corrected chi connectivity index (χ1v) is 11.6. The van der Waals surface area contributed by atoms with E-state index in [0.29, 0.717) is 38.8 Å². The lowest BCUT2D eigenvalue weighted by molar-refractivity contribution is 0.301. The van der Waals surface area contributed by atoms with Crippen molar-refractivity contribution in [2.24, 2.45) is 0 Å². The van der Waals surface area contributed by atoms with Gasteiger partial charge in [0.1, 0.15) is 22.4 Å². The summed E-state index contributed by atoms with van der Waals surface area (Å²) < 4.78 is 1.65. The number of rotatable bonds is 8. The summed E-state index contributed by atoms with van der Waals surface area (Å²) in [6.45, 7) is 5.26. The van der Waals surface area contributed by atoms with Crippen molar-refractivity contribution in [3.63, 3.8) is 0 Å². The second kappa shape index (κ2) is 9.71. The van der Waals surface area contributed by atoms with Crippen LogP contribution < -0.4 is 4.90 Å². The van der Waals surface area contributed by atoms with Crippen molar-refractivity contribution in [2.75, 3.05) is 30.9 Å². The minimum atomic E-state index is 0.0336. The fourth-order valence-electron chi connectivity index (χ4n) is 3.13. The highest BCUT2D eigenvalue weighted by Crippen LogP contribution is 2.38. The van der Waals surface area contributed by atoms with Crippen LogP contribution in [0.2, 0.25) is 15.1 Å². The quantitative estimate of drug-likeness (QED) is 0.441. The molecule has 0 aliphatic rings. The zero-order chi connectivity index (χ0) is 21.1. The normalized spacial score (nSPS) is 11.4. The maximum atomic E-state index is 9.59. The molecule has 0 atom stereocenters. The second-order valence-corrected chi connectivity index (χ2v) is 8.54. The van der Waals surface area contributed by atoms with Crippen LogP contribution in [0.4, 0.5) is 5.82 Å². The van der Waals surface area contributed by atoms with Crippen LogP contribution in [0.25, 0.3) is 16.7 Å². The molecule has 0 saturated carbocycles. The van der Waals surface area contributed by atoms with Crippen molar-refractivity contribution in [3.8, 4) is 5.69 Å². The van der Waals surface area contributed by atoms with Crippen molar-refractivity contribution in [1.82, 2.24) is 19.7 Å². The summed E-state index contributed by atoms with van der Waals surface area (Å²) in [6.07, 6.45) is 3.98. The van der Waals surface area contributed by atoms with Crippen LogP contribution in [0.5, 0.6) is 0 Å². The summed E-state index contributed by atoms with van der Waals surface area (Å²) >= 11 is 20.5. The molecule has 2 heterocycles. The number of hydrogen-bond acceptors (Lipinski definition) is 6. The van der Waals surface area contributed by atoms with E-state index < -0.39 is 0 Å². The van der Waals surface area contributed by atoms with Gasteiger partial charge in [-0.3, -0.25) is 0 Å². The summed E-state index contributed by atoms with van der Waals surface area (Å²) in [4.78, 5) is 11.4. The molecule has 0 aliphatic heterocycles. The molecular formula is C19H22Cl3N5OS. The number of hydrogen-bond donors (Lipinski definition) is 1. The van der Waals surface area contributed by atoms with E-state index in [1.54, 1.807) is 16.8 Å². The maximum Gasteiger partial charge on any atom is 0.170 e. The Bertz CT molecular complexity index is 1000. The van der Waals surface area contributed by atoms with Crippen LogP contribution in [0.3, 0.4) is 0 Å². The number of aliphatic hydroxyl groups is 1. The third kappa shape index (κ3) is 4.59. The van der Waals surface area contributed by atoms with E-state index in [0.717, 1.165) is 35.6 Å². The van der Waals surface area contributed by atoms with Gasteiger partial charge in [-0.1, -0.05) is 48.1 Å². The van der Waals surface area contributed by atoms with Gasteiger partial charge < -0.3 is 10.0 Å². The second-order valence-electron chi connectivity index (χ2n) is 6.50. The molecule has 0 bridgehead atoms. The number of halogens is 3. The number of aliphatic hydroxyl groups excluding tert-OH is 1. The third-order valence-electron chi connectivity index (χ3n) is 4.43. The number of thioether (sulfide) groups is 1. The van der Waals surface area contributed by atoms with E-state index in [-0.39, 0.29) is 6.61 Å². The van der Waals surface area contributed by atoms with Crippen LogP contribution in [-0.4, -0.2) is 50.8 Å². The lowest BCUT2D eigenvalue weighted by atomic mass is 10.2. The molecule has 3 rings (SSSR count). The van der Waals surface area contributed by atoms with Crippen LogP contribution in [0.15, 0.2) is 17.2 Å². The highest BCUT2D eigenvalue weighted by molar-refractivity contribution is 7.98. The molecule has 0 unspecified atom stereocenters. The average molecular weight is 475 g/mol. The van der Waals surface area contributed by atoms with Crippen molar-refractivity contribution < 1.29 is 5.11 Å². The van der Waals surface area contributed by atoms with Gasteiger partial charge in [0.2, 0.25) is 0 Å². The van der Waals surface area contributed by atoms with E-state index in [1.165, 1.54) is 11.8 Å². The Kier molecular flexibility index (Phi) is 7.51. The summed E-state index contributed by atoms with van der Waals surface area (Å²) in [5.41, 5.74) is 1.14. The van der Waals surface area contributed by atoms with Crippen molar-refractivity contribution in [2.45, 2.75) is 31.7 Å². The highest BCUT2D eigenvalue weighted by Gasteiger charge is 2.24. The van der Waals surface area contributed by atoms with Crippen molar-refractivity contribution >= 4 is 63.4 Å². The van der Waals surface area contributed by atoms with E-state index >= 15 is 0 Å². The van der Waals surface area contributed by atoms with Gasteiger partial charge in [-0.2, -0.15) is 5.10 Å². The smallest absolute Gasteiger partial charge is 0.170 e. The summed E-state index contributed by atoms with van der Waals surface area (Å²) in [7, 11) is 0. The van der Waals surface area contributed by atoms with Gasteiger partial charge in [-0.05, 0) is 31.7 Å². The molecule has 1 N–H and O–H groups in total. The Morgan fingerprint density at radius 2 is 1.83 bits per heavy atom. The van der Waals surface area contributed by atoms with Crippen LogP contribution in [0.1, 0.15) is 25.6 Å². The molecular weight excluding hydrogens is 453 g/mol. The zero-order valence-corrected chi connectivity index (χ0v) is 19.5. The monoisotopic (exact) mass is 473 g/mol. The zero-order valence-electron chi connectivity index (χ0n) is 16.4. The van der Waals surface area contributed by atoms with Crippen LogP contribution in [0, 0.1) is 6.92 Å². The SMILES string of the molecule is CCCCN(CCO)c1nc(C)nc2c1c(SC)nn2-c1c(Cl)cc(Cl)cc1Cl. The molecule has 0 aliphatic carbocycles. The van der Waals surface area contributed by atoms with Gasteiger partial charge in [-0.25, -0.2) is 14.6 Å². The first-order chi connectivity index (χ1) is 13.9. The number of aromatic nitrogens is 4. The minimum absolute atomic E-state index is 0.0336. The summed E-state index contributed by atoms with van der Waals surface area (Å²) in [5, 5.41) is 17.1. The first-order valence-electron chi connectivity index (χ1n) is 9.23. The molecule has 3 aromatic rings. The Labute approximate surface area is 189 Å². The number of anilines is 1. The number of aryl methyl sites for hydroxylation is 1. The molecule has 2 aromatic heterocycles. The van der Waals surface area contributed by atoms with Gasteiger partial charge in [0.25, 0.3) is 0 Å². The molecule has 0 spiro atoms. The highest BCUT2D eigenvalue weighted by atomic mass is 35.5. The largest absolute Gasteiger partial charge is 0.395 e. The number of unbranched alkanes of at least 4 members (excludes halogenated alkanes) is 1. The van der Waals surface area contributed by atoms with E-state index in [2.05, 4.69) is 16.8 Å². The molecule has 156 valence electrons. The Morgan fingerprint density at radius 1 is 1.14 bits per heavy atom. The van der Waals surface area contributed by atoms with E-state index in [4.69, 9.17) is 44.9 Å². The van der Waals surface area contributed by atoms with Gasteiger partial charge in [0, 0.05) is 18.1 Å². The lowest BCUT2D eigenvalue weighted by Crippen LogP contribution is -2.29. The molecule has 1 aromatic carbocycles. The average Bonchev–Trinajstić information content (AvgIpc) is 3.02. The molecule has 0 radical (unpaired) electrons. The Hall–Kier alpha value is -1.25. The van der Waals surface area contributed by atoms with E-state index in [1.807, 2.05) is 13.2 Å². The molecule has 29 heavy (non-hydrogen) atoms. The molecule has 6 nitrogen and oxygen atoms in total. The summed E-state index contributed by atoms with van der Waals surface area (Å²) in [6, 6.07) is 3.26. The number of fused-ring (bicyclic) bond motifs is 1.